The number of hydrogen-bond donors (Lipinski definition) is 1. The van der Waals surface area contributed by atoms with E-state index in [1.165, 1.54) is 17.7 Å². The molecule has 5 nitrogen and oxygen atoms in total. The molecule has 1 atom stereocenters. The number of fused-ring (bicyclic) bond motifs is 1. The van der Waals surface area contributed by atoms with E-state index in [0.29, 0.717) is 13.0 Å². The summed E-state index contributed by atoms with van der Waals surface area (Å²) in [6.45, 7) is 6.20. The summed E-state index contributed by atoms with van der Waals surface area (Å²) in [5.41, 5.74) is 2.51. The third kappa shape index (κ3) is 4.11. The van der Waals surface area contributed by atoms with Gasteiger partial charge in [0.15, 0.2) is 0 Å². The summed E-state index contributed by atoms with van der Waals surface area (Å²) in [6, 6.07) is 14.5. The molecule has 1 heterocycles. The van der Waals surface area contributed by atoms with Crippen molar-refractivity contribution >= 4 is 12.0 Å². The van der Waals surface area contributed by atoms with Crippen LogP contribution in [0, 0.1) is 11.2 Å². The lowest BCUT2D eigenvalue weighted by Crippen LogP contribution is -2.75. The maximum atomic E-state index is 13.6. The van der Waals surface area contributed by atoms with Crippen LogP contribution in [0.5, 0.6) is 0 Å². The summed E-state index contributed by atoms with van der Waals surface area (Å²) in [4.78, 5) is 27.7. The second kappa shape index (κ2) is 7.57. The predicted octanol–water partition coefficient (Wildman–Crippen LogP) is 5.14. The van der Waals surface area contributed by atoms with Gasteiger partial charge in [0.1, 0.15) is 11.4 Å². The normalized spacial score (nSPS) is 27.6. The lowest BCUT2D eigenvalue weighted by molar-refractivity contribution is -0.172. The number of alkyl carbamates (subject to hydrolysis) is 1. The molecule has 0 spiro atoms. The number of ether oxygens (including phenoxy) is 1. The van der Waals surface area contributed by atoms with Crippen LogP contribution in [0.15, 0.2) is 48.5 Å². The number of carbonyl (C=O) groups excluding carboxylic acids is 2. The van der Waals surface area contributed by atoms with E-state index in [2.05, 4.69) is 17.4 Å². The molecular weight excluding hydrogens is 419 g/mol. The van der Waals surface area contributed by atoms with Gasteiger partial charge in [0.25, 0.3) is 0 Å². The fourth-order valence-corrected chi connectivity index (χ4v) is 6.10. The fraction of sp³-hybridized carbons (Fsp3) is 0.481. The molecule has 2 bridgehead atoms. The first kappa shape index (κ1) is 21.9. The lowest BCUT2D eigenvalue weighted by atomic mass is 9.38. The molecule has 0 radical (unpaired) electrons. The molecule has 2 aromatic rings. The van der Waals surface area contributed by atoms with E-state index in [1.54, 1.807) is 12.1 Å². The van der Waals surface area contributed by atoms with Gasteiger partial charge in [-0.05, 0) is 80.7 Å². The van der Waals surface area contributed by atoms with E-state index in [-0.39, 0.29) is 34.8 Å². The van der Waals surface area contributed by atoms with Gasteiger partial charge in [-0.3, -0.25) is 4.79 Å². The van der Waals surface area contributed by atoms with E-state index in [4.69, 9.17) is 4.74 Å². The Hall–Kier alpha value is -2.89. The minimum Gasteiger partial charge on any atom is -0.444 e. The van der Waals surface area contributed by atoms with Crippen LogP contribution in [-0.2, 0) is 16.0 Å². The van der Waals surface area contributed by atoms with Crippen molar-refractivity contribution in [1.82, 2.24) is 10.2 Å². The third-order valence-corrected chi connectivity index (χ3v) is 7.22. The van der Waals surface area contributed by atoms with Gasteiger partial charge in [-0.25, -0.2) is 9.18 Å². The summed E-state index contributed by atoms with van der Waals surface area (Å²) >= 11 is 0. The zero-order valence-corrected chi connectivity index (χ0v) is 19.5. The number of nitrogens with zero attached hydrogens (tertiary/aromatic N) is 1. The van der Waals surface area contributed by atoms with Crippen LogP contribution in [0.1, 0.15) is 69.2 Å². The zero-order valence-electron chi connectivity index (χ0n) is 19.5. The molecule has 0 aromatic heterocycles. The van der Waals surface area contributed by atoms with Gasteiger partial charge in [-0.15, -0.1) is 0 Å². The van der Waals surface area contributed by atoms with E-state index in [0.717, 1.165) is 36.8 Å². The maximum absolute atomic E-state index is 13.6. The number of halogens is 1. The Balaban J connectivity index is 1.28. The first-order valence-electron chi connectivity index (χ1n) is 11.7. The van der Waals surface area contributed by atoms with E-state index in [1.807, 2.05) is 37.8 Å². The lowest BCUT2D eigenvalue weighted by Gasteiger charge is -2.70. The van der Waals surface area contributed by atoms with E-state index < -0.39 is 5.60 Å². The van der Waals surface area contributed by atoms with Crippen molar-refractivity contribution in [3.63, 3.8) is 0 Å². The summed E-state index contributed by atoms with van der Waals surface area (Å²) in [7, 11) is 0. The predicted molar refractivity (Wildman–Crippen MR) is 123 cm³/mol. The summed E-state index contributed by atoms with van der Waals surface area (Å²) < 4.78 is 19.0. The highest BCUT2D eigenvalue weighted by Gasteiger charge is 2.69. The Morgan fingerprint density at radius 1 is 1.09 bits per heavy atom. The highest BCUT2D eigenvalue weighted by Crippen LogP contribution is 2.69. The quantitative estimate of drug-likeness (QED) is 0.702. The summed E-state index contributed by atoms with van der Waals surface area (Å²) in [5, 5.41) is 3.02. The highest BCUT2D eigenvalue weighted by molar-refractivity contribution is 5.80. The molecule has 2 aromatic carbocycles. The molecule has 3 saturated carbocycles. The Morgan fingerprint density at radius 3 is 2.42 bits per heavy atom. The Bertz CT molecular complexity index is 1070. The molecule has 2 amide bonds. The summed E-state index contributed by atoms with van der Waals surface area (Å²) in [6.07, 6.45) is 3.36. The number of carbonyl (C=O) groups is 2. The van der Waals surface area contributed by atoms with Crippen molar-refractivity contribution in [3.8, 4) is 0 Å². The van der Waals surface area contributed by atoms with Crippen LogP contribution in [0.3, 0.4) is 0 Å². The monoisotopic (exact) mass is 450 g/mol. The van der Waals surface area contributed by atoms with Gasteiger partial charge in [-0.2, -0.15) is 0 Å². The van der Waals surface area contributed by atoms with Gasteiger partial charge >= 0.3 is 6.09 Å². The van der Waals surface area contributed by atoms with E-state index in [9.17, 15) is 14.0 Å². The van der Waals surface area contributed by atoms with Crippen molar-refractivity contribution < 1.29 is 18.7 Å². The van der Waals surface area contributed by atoms with Gasteiger partial charge in [-0.1, -0.05) is 36.4 Å². The Labute approximate surface area is 194 Å². The van der Waals surface area contributed by atoms with Crippen molar-refractivity contribution in [2.24, 2.45) is 5.41 Å². The first-order valence-corrected chi connectivity index (χ1v) is 11.7. The molecule has 6 rings (SSSR count). The van der Waals surface area contributed by atoms with Crippen LogP contribution in [0.4, 0.5) is 9.18 Å². The van der Waals surface area contributed by atoms with Crippen LogP contribution < -0.4 is 5.32 Å². The van der Waals surface area contributed by atoms with E-state index >= 15 is 0 Å². The number of rotatable bonds is 4. The molecule has 174 valence electrons. The van der Waals surface area contributed by atoms with Crippen LogP contribution >= 0.6 is 0 Å². The average Bonchev–Trinajstić information content (AvgIpc) is 2.69. The van der Waals surface area contributed by atoms with Crippen molar-refractivity contribution in [2.45, 2.75) is 70.1 Å². The zero-order chi connectivity index (χ0) is 23.4. The first-order chi connectivity index (χ1) is 15.6. The fourth-order valence-electron chi connectivity index (χ4n) is 6.10. The molecule has 0 saturated heterocycles. The topological polar surface area (TPSA) is 58.6 Å². The number of amides is 2. The molecule has 1 aliphatic heterocycles. The number of benzene rings is 2. The molecule has 6 heteroatoms. The van der Waals surface area contributed by atoms with Crippen molar-refractivity contribution in [3.05, 3.63) is 71.0 Å². The van der Waals surface area contributed by atoms with Crippen LogP contribution in [-0.4, -0.2) is 34.6 Å². The Morgan fingerprint density at radius 2 is 1.76 bits per heavy atom. The molecule has 33 heavy (non-hydrogen) atoms. The number of hydrogen-bond acceptors (Lipinski definition) is 3. The SMILES string of the molecule is CC(C)(C)OC(=O)NC12CC(CC(=O)N3CCc4ccccc4[C@@H]3c3ccc(F)cc3)(C1)C2. The van der Waals surface area contributed by atoms with Gasteiger partial charge in [0.05, 0.1) is 6.04 Å². The smallest absolute Gasteiger partial charge is 0.408 e. The second-order valence-electron chi connectivity index (χ2n) is 11.1. The van der Waals surface area contributed by atoms with Gasteiger partial charge < -0.3 is 15.0 Å². The molecule has 4 aliphatic rings. The molecule has 3 fully saturated rings. The molecule has 1 N–H and O–H groups in total. The minimum atomic E-state index is -0.527. The number of nitrogens with one attached hydrogen (secondary N) is 1. The standard InChI is InChI=1S/C27H31FN2O3/c1-25(2,3)33-24(32)29-27-15-26(16-27,17-27)14-22(31)30-13-12-18-6-4-5-7-21(18)23(30)19-8-10-20(28)11-9-19/h4-11,23H,12-17H2,1-3H3,(H,29,32)/t23-,26?,27?/m0/s1. The second-order valence-corrected chi connectivity index (χ2v) is 11.1. The van der Waals surface area contributed by atoms with Gasteiger partial charge in [0, 0.05) is 18.5 Å². The largest absolute Gasteiger partial charge is 0.444 e. The van der Waals surface area contributed by atoms with Crippen molar-refractivity contribution in [2.75, 3.05) is 6.54 Å². The highest BCUT2D eigenvalue weighted by atomic mass is 19.1. The molecular formula is C27H31FN2O3. The summed E-state index contributed by atoms with van der Waals surface area (Å²) in [5.74, 6) is -0.151. The molecule has 3 aliphatic carbocycles. The van der Waals surface area contributed by atoms with Gasteiger partial charge in [0.2, 0.25) is 5.91 Å². The average molecular weight is 451 g/mol. The third-order valence-electron chi connectivity index (χ3n) is 7.22. The molecule has 0 unspecified atom stereocenters. The van der Waals surface area contributed by atoms with Crippen LogP contribution in [0.2, 0.25) is 0 Å². The maximum Gasteiger partial charge on any atom is 0.408 e. The Kier molecular flexibility index (Phi) is 5.03. The van der Waals surface area contributed by atoms with Crippen molar-refractivity contribution in [1.29, 1.82) is 0 Å². The van der Waals surface area contributed by atoms with Crippen LogP contribution in [0.25, 0.3) is 0 Å². The minimum absolute atomic E-state index is 0.0313.